The minimum absolute atomic E-state index is 0.0426. The van der Waals surface area contributed by atoms with E-state index in [-0.39, 0.29) is 20.7 Å². The number of benzene rings is 4. The van der Waals surface area contributed by atoms with Crippen molar-refractivity contribution in [2.45, 2.75) is 37.1 Å². The molecular formula is C31H28ClNO4S. The van der Waals surface area contributed by atoms with E-state index in [1.807, 2.05) is 12.1 Å². The number of nitrogens with zero attached hydrogens (tertiary/aromatic N) is 1. The molecular weight excluding hydrogens is 518 g/mol. The Bertz CT molecular complexity index is 1660. The highest BCUT2D eigenvalue weighted by atomic mass is 35.5. The molecule has 5 rings (SSSR count). The van der Waals surface area contributed by atoms with Crippen LogP contribution in [0.5, 0.6) is 5.75 Å². The Balaban J connectivity index is 1.43. The minimum Gasteiger partial charge on any atom is -0.491 e. The zero-order chi connectivity index (χ0) is 27.0. The van der Waals surface area contributed by atoms with E-state index in [0.29, 0.717) is 30.8 Å². The molecule has 38 heavy (non-hydrogen) atoms. The first-order valence-corrected chi connectivity index (χ1v) is 14.2. The molecule has 0 unspecified atom stereocenters. The van der Waals surface area contributed by atoms with Crippen molar-refractivity contribution in [1.29, 1.82) is 0 Å². The number of ether oxygens (including phenoxy) is 1. The zero-order valence-electron chi connectivity index (χ0n) is 21.5. The van der Waals surface area contributed by atoms with Gasteiger partial charge in [0.05, 0.1) is 21.4 Å². The lowest BCUT2D eigenvalue weighted by atomic mass is 9.98. The van der Waals surface area contributed by atoms with Crippen molar-refractivity contribution in [1.82, 2.24) is 4.90 Å². The molecule has 1 amide bonds. The molecule has 0 N–H and O–H groups in total. The van der Waals surface area contributed by atoms with Crippen molar-refractivity contribution in [3.05, 3.63) is 112 Å². The monoisotopic (exact) mass is 545 g/mol. The van der Waals surface area contributed by atoms with Crippen LogP contribution in [-0.2, 0) is 16.4 Å². The van der Waals surface area contributed by atoms with E-state index in [2.05, 4.69) is 38.1 Å². The number of amides is 1. The number of sulfone groups is 1. The maximum Gasteiger partial charge on any atom is 0.254 e. The first-order chi connectivity index (χ1) is 18.1. The number of hydrogen-bond donors (Lipinski definition) is 0. The van der Waals surface area contributed by atoms with E-state index in [0.717, 1.165) is 22.4 Å². The molecule has 0 saturated carbocycles. The maximum atomic E-state index is 13.6. The van der Waals surface area contributed by atoms with Crippen LogP contribution in [0.3, 0.4) is 0 Å². The van der Waals surface area contributed by atoms with Crippen molar-refractivity contribution in [3.8, 4) is 16.9 Å². The van der Waals surface area contributed by atoms with Crippen LogP contribution in [0, 0.1) is 20.8 Å². The summed E-state index contributed by atoms with van der Waals surface area (Å²) in [5, 5.41) is 0.161. The maximum absolute atomic E-state index is 13.6. The SMILES string of the molecule is Cc1ccc(-c2ccc3c(c2)CN(C(=O)c2ccc(S(=O)(=O)c4ccccc4Cl)cc2C)CCO3)cc1C. The van der Waals surface area contributed by atoms with Gasteiger partial charge in [0.25, 0.3) is 5.91 Å². The van der Waals surface area contributed by atoms with Crippen molar-refractivity contribution < 1.29 is 17.9 Å². The average molecular weight is 546 g/mol. The van der Waals surface area contributed by atoms with Crippen LogP contribution in [0.2, 0.25) is 5.02 Å². The molecule has 0 fully saturated rings. The summed E-state index contributed by atoms with van der Waals surface area (Å²) in [6.45, 7) is 7.13. The Morgan fingerprint density at radius 1 is 0.842 bits per heavy atom. The third kappa shape index (κ3) is 4.94. The topological polar surface area (TPSA) is 63.7 Å². The smallest absolute Gasteiger partial charge is 0.254 e. The minimum atomic E-state index is -3.82. The van der Waals surface area contributed by atoms with Crippen LogP contribution < -0.4 is 4.74 Å². The summed E-state index contributed by atoms with van der Waals surface area (Å²) in [6.07, 6.45) is 0. The van der Waals surface area contributed by atoms with Crippen molar-refractivity contribution in [2.24, 2.45) is 0 Å². The molecule has 7 heteroatoms. The van der Waals surface area contributed by atoms with Crippen LogP contribution in [-0.4, -0.2) is 32.4 Å². The van der Waals surface area contributed by atoms with Gasteiger partial charge in [0.1, 0.15) is 12.4 Å². The van der Waals surface area contributed by atoms with Crippen LogP contribution in [0.1, 0.15) is 32.6 Å². The van der Waals surface area contributed by atoms with Gasteiger partial charge in [-0.15, -0.1) is 0 Å². The lowest BCUT2D eigenvalue weighted by molar-refractivity contribution is 0.0732. The Hall–Kier alpha value is -3.61. The molecule has 0 spiro atoms. The number of fused-ring (bicyclic) bond motifs is 1. The third-order valence-electron chi connectivity index (χ3n) is 7.03. The molecule has 1 aliphatic rings. The lowest BCUT2D eigenvalue weighted by Crippen LogP contribution is -2.33. The molecule has 194 valence electrons. The second kappa shape index (κ2) is 10.3. The second-order valence-corrected chi connectivity index (χ2v) is 11.9. The number of hydrogen-bond acceptors (Lipinski definition) is 4. The fraction of sp³-hybridized carbons (Fsp3) is 0.194. The van der Waals surface area contributed by atoms with E-state index in [4.69, 9.17) is 16.3 Å². The molecule has 0 bridgehead atoms. The molecule has 4 aromatic carbocycles. The summed E-state index contributed by atoms with van der Waals surface area (Å²) in [5.74, 6) is 0.600. The van der Waals surface area contributed by atoms with Crippen LogP contribution in [0.15, 0.2) is 88.7 Å². The largest absolute Gasteiger partial charge is 0.491 e. The first-order valence-electron chi connectivity index (χ1n) is 12.4. The Labute approximate surface area is 228 Å². The van der Waals surface area contributed by atoms with Crippen LogP contribution in [0.25, 0.3) is 11.1 Å². The third-order valence-corrected chi connectivity index (χ3v) is 9.28. The van der Waals surface area contributed by atoms with E-state index in [9.17, 15) is 13.2 Å². The fourth-order valence-corrected chi connectivity index (χ4v) is 6.53. The Kier molecular flexibility index (Phi) is 7.03. The first kappa shape index (κ1) is 26.0. The van der Waals surface area contributed by atoms with Crippen molar-refractivity contribution in [2.75, 3.05) is 13.2 Å². The van der Waals surface area contributed by atoms with Gasteiger partial charge in [-0.3, -0.25) is 4.79 Å². The Morgan fingerprint density at radius 2 is 1.58 bits per heavy atom. The quantitative estimate of drug-likeness (QED) is 0.283. The van der Waals surface area contributed by atoms with Gasteiger partial charge in [0, 0.05) is 17.7 Å². The van der Waals surface area contributed by atoms with Crippen LogP contribution >= 0.6 is 11.6 Å². The van der Waals surface area contributed by atoms with Gasteiger partial charge in [-0.25, -0.2) is 8.42 Å². The van der Waals surface area contributed by atoms with E-state index < -0.39 is 9.84 Å². The van der Waals surface area contributed by atoms with Crippen molar-refractivity contribution in [3.63, 3.8) is 0 Å². The highest BCUT2D eigenvalue weighted by molar-refractivity contribution is 7.91. The summed E-state index contributed by atoms with van der Waals surface area (Å²) in [4.78, 5) is 15.5. The van der Waals surface area contributed by atoms with Crippen LogP contribution in [0.4, 0.5) is 0 Å². The molecule has 0 aliphatic carbocycles. The second-order valence-electron chi connectivity index (χ2n) is 9.61. The van der Waals surface area contributed by atoms with Gasteiger partial charge < -0.3 is 9.64 Å². The fourth-order valence-electron chi connectivity index (χ4n) is 4.67. The van der Waals surface area contributed by atoms with Gasteiger partial charge in [-0.2, -0.15) is 0 Å². The summed E-state index contributed by atoms with van der Waals surface area (Å²) in [6, 6.07) is 23.4. The molecule has 1 heterocycles. The lowest BCUT2D eigenvalue weighted by Gasteiger charge is -2.21. The molecule has 0 saturated heterocycles. The molecule has 1 aliphatic heterocycles. The number of rotatable bonds is 4. The number of carbonyl (C=O) groups is 1. The number of carbonyl (C=O) groups excluding carboxylic acids is 1. The Morgan fingerprint density at radius 3 is 2.32 bits per heavy atom. The van der Waals surface area contributed by atoms with E-state index in [1.165, 1.54) is 29.3 Å². The van der Waals surface area contributed by atoms with E-state index >= 15 is 0 Å². The summed E-state index contributed by atoms with van der Waals surface area (Å²) >= 11 is 6.15. The summed E-state index contributed by atoms with van der Waals surface area (Å²) in [7, 11) is -3.82. The van der Waals surface area contributed by atoms with Gasteiger partial charge in [-0.05, 0) is 91.1 Å². The predicted molar refractivity (Wildman–Crippen MR) is 150 cm³/mol. The van der Waals surface area contributed by atoms with Crippen molar-refractivity contribution >= 4 is 27.3 Å². The highest BCUT2D eigenvalue weighted by Gasteiger charge is 2.25. The predicted octanol–water partition coefficient (Wildman–Crippen LogP) is 6.80. The standard InChI is InChI=1S/C31H28ClNO4S/c1-20-8-9-23(16-21(20)2)24-10-13-29-25(18-24)19-33(14-15-37-29)31(34)27-12-11-26(17-22(27)3)38(35,36)30-7-5-4-6-28(30)32/h4-13,16-18H,14-15,19H2,1-3H3. The molecule has 0 atom stereocenters. The molecule has 4 aromatic rings. The zero-order valence-corrected chi connectivity index (χ0v) is 23.1. The van der Waals surface area contributed by atoms with Gasteiger partial charge in [0.15, 0.2) is 0 Å². The normalized spacial score (nSPS) is 13.4. The molecule has 5 nitrogen and oxygen atoms in total. The molecule has 0 aromatic heterocycles. The summed E-state index contributed by atoms with van der Waals surface area (Å²) < 4.78 is 32.3. The number of halogens is 1. The van der Waals surface area contributed by atoms with E-state index in [1.54, 1.807) is 36.1 Å². The average Bonchev–Trinajstić information content (AvgIpc) is 3.12. The molecule has 0 radical (unpaired) electrons. The van der Waals surface area contributed by atoms with Gasteiger partial charge >= 0.3 is 0 Å². The number of aryl methyl sites for hydroxylation is 3. The van der Waals surface area contributed by atoms with Gasteiger partial charge in [-0.1, -0.05) is 48.0 Å². The summed E-state index contributed by atoms with van der Waals surface area (Å²) in [5.41, 5.74) is 6.61. The highest BCUT2D eigenvalue weighted by Crippen LogP contribution is 2.32. The van der Waals surface area contributed by atoms with Gasteiger partial charge in [0.2, 0.25) is 9.84 Å².